The van der Waals surface area contributed by atoms with Crippen molar-refractivity contribution >= 4 is 17.5 Å². The molecule has 2 N–H and O–H groups in total. The third-order valence-corrected chi connectivity index (χ3v) is 5.43. The summed E-state index contributed by atoms with van der Waals surface area (Å²) in [5.74, 6) is 1.24. The number of likely N-dealkylation sites (N-methyl/N-ethyl adjacent to an activating group) is 1. The number of hydrogen-bond acceptors (Lipinski definition) is 6. The number of benzene rings is 2. The molecule has 0 radical (unpaired) electrons. The van der Waals surface area contributed by atoms with E-state index in [9.17, 15) is 4.79 Å². The molecular weight excluding hydrogens is 388 g/mol. The Hall–Kier alpha value is -3.32. The summed E-state index contributed by atoms with van der Waals surface area (Å²) in [5, 5.41) is 6.32. The van der Waals surface area contributed by atoms with Gasteiger partial charge in [0.1, 0.15) is 6.33 Å². The number of anilines is 2. The molecule has 0 aliphatic carbocycles. The fourth-order valence-electron chi connectivity index (χ4n) is 3.76. The Kier molecular flexibility index (Phi) is 6.84. The van der Waals surface area contributed by atoms with Gasteiger partial charge in [-0.05, 0) is 61.7 Å². The maximum atomic E-state index is 12.4. The highest BCUT2D eigenvalue weighted by atomic mass is 16.2. The SMILES string of the molecule is CCN1CCCc2cccc(c2)-c2ncnc(n2)Nc2cccc(c2)CCNC(=O)C1. The van der Waals surface area contributed by atoms with Gasteiger partial charge in [0.05, 0.1) is 6.54 Å². The minimum absolute atomic E-state index is 0.0755. The van der Waals surface area contributed by atoms with Gasteiger partial charge in [-0.1, -0.05) is 37.3 Å². The summed E-state index contributed by atoms with van der Waals surface area (Å²) in [6, 6.07) is 16.4. The predicted molar refractivity (Wildman–Crippen MR) is 122 cm³/mol. The molecule has 2 heterocycles. The van der Waals surface area contributed by atoms with Crippen molar-refractivity contribution < 1.29 is 4.79 Å². The zero-order valence-corrected chi connectivity index (χ0v) is 17.8. The molecule has 1 aliphatic heterocycles. The number of rotatable bonds is 1. The Morgan fingerprint density at radius 3 is 2.74 bits per heavy atom. The lowest BCUT2D eigenvalue weighted by Crippen LogP contribution is -2.38. The number of aromatic nitrogens is 3. The van der Waals surface area contributed by atoms with E-state index in [1.54, 1.807) is 6.33 Å². The largest absolute Gasteiger partial charge is 0.355 e. The summed E-state index contributed by atoms with van der Waals surface area (Å²) in [6.07, 6.45) is 4.23. The van der Waals surface area contributed by atoms with Crippen LogP contribution >= 0.6 is 0 Å². The predicted octanol–water partition coefficient (Wildman–Crippen LogP) is 3.21. The second kappa shape index (κ2) is 10.1. The molecule has 0 fully saturated rings. The van der Waals surface area contributed by atoms with Gasteiger partial charge < -0.3 is 10.6 Å². The first-order valence-corrected chi connectivity index (χ1v) is 10.8. The van der Waals surface area contributed by atoms with Crippen molar-refractivity contribution in [2.75, 3.05) is 31.5 Å². The zero-order valence-electron chi connectivity index (χ0n) is 17.8. The van der Waals surface area contributed by atoms with E-state index in [4.69, 9.17) is 0 Å². The van der Waals surface area contributed by atoms with Crippen LogP contribution in [0.2, 0.25) is 0 Å². The molecule has 0 atom stereocenters. The van der Waals surface area contributed by atoms with Crippen LogP contribution in [0.1, 0.15) is 24.5 Å². The van der Waals surface area contributed by atoms with E-state index in [1.165, 1.54) is 5.56 Å². The molecule has 1 amide bonds. The Bertz CT molecular complexity index is 1040. The van der Waals surface area contributed by atoms with Crippen molar-refractivity contribution in [3.63, 3.8) is 0 Å². The second-order valence-corrected chi connectivity index (χ2v) is 7.73. The van der Waals surface area contributed by atoms with Crippen molar-refractivity contribution in [1.82, 2.24) is 25.2 Å². The van der Waals surface area contributed by atoms with Crippen molar-refractivity contribution in [1.29, 1.82) is 0 Å². The van der Waals surface area contributed by atoms with E-state index >= 15 is 0 Å². The Balaban J connectivity index is 1.62. The van der Waals surface area contributed by atoms with Gasteiger partial charge in [0, 0.05) is 17.8 Å². The molecule has 0 saturated heterocycles. The summed E-state index contributed by atoms with van der Waals surface area (Å²) in [6.45, 7) is 4.89. The molecule has 2 aromatic carbocycles. The first-order valence-electron chi connectivity index (χ1n) is 10.8. The lowest BCUT2D eigenvalue weighted by molar-refractivity contribution is -0.122. The lowest BCUT2D eigenvalue weighted by atomic mass is 10.1. The molecule has 0 spiro atoms. The second-order valence-electron chi connectivity index (χ2n) is 7.73. The molecule has 4 rings (SSSR count). The molecular formula is C24H28N6O. The molecule has 160 valence electrons. The minimum Gasteiger partial charge on any atom is -0.355 e. The molecule has 6 bridgehead atoms. The fraction of sp³-hybridized carbons (Fsp3) is 0.333. The van der Waals surface area contributed by atoms with Crippen molar-refractivity contribution in [2.45, 2.75) is 26.2 Å². The third-order valence-electron chi connectivity index (χ3n) is 5.43. The minimum atomic E-state index is 0.0755. The molecule has 7 heteroatoms. The van der Waals surface area contributed by atoms with E-state index < -0.39 is 0 Å². The van der Waals surface area contributed by atoms with Crippen LogP contribution in [0.3, 0.4) is 0 Å². The van der Waals surface area contributed by atoms with Crippen molar-refractivity contribution in [3.05, 3.63) is 66.0 Å². The zero-order chi connectivity index (χ0) is 21.5. The van der Waals surface area contributed by atoms with E-state index in [0.29, 0.717) is 24.9 Å². The van der Waals surface area contributed by atoms with Gasteiger partial charge in [0.2, 0.25) is 11.9 Å². The summed E-state index contributed by atoms with van der Waals surface area (Å²) in [7, 11) is 0. The van der Waals surface area contributed by atoms with Crippen LogP contribution in [0.5, 0.6) is 0 Å². The molecule has 7 nitrogen and oxygen atoms in total. The standard InChI is InChI=1S/C24H28N6O/c1-2-30-13-5-8-18-6-3-9-20(14-18)23-26-17-27-24(29-23)28-21-10-4-7-19(15-21)11-12-25-22(31)16-30/h3-4,6-7,9-10,14-15,17H,2,5,8,11-13,16H2,1H3,(H,25,31)(H,26,27,28,29). The number of hydrogen-bond donors (Lipinski definition) is 2. The normalized spacial score (nSPS) is 15.7. The molecule has 1 aromatic heterocycles. The number of nitrogens with one attached hydrogen (secondary N) is 2. The Labute approximate surface area is 183 Å². The van der Waals surface area contributed by atoms with Crippen LogP contribution in [0.4, 0.5) is 11.6 Å². The first kappa shape index (κ1) is 20.9. The lowest BCUT2D eigenvalue weighted by Gasteiger charge is -2.20. The van der Waals surface area contributed by atoms with E-state index in [-0.39, 0.29) is 5.91 Å². The van der Waals surface area contributed by atoms with E-state index in [1.807, 2.05) is 24.3 Å². The molecule has 1 aliphatic rings. The number of amides is 1. The van der Waals surface area contributed by atoms with Gasteiger partial charge in [-0.3, -0.25) is 9.69 Å². The fourth-order valence-corrected chi connectivity index (χ4v) is 3.76. The Morgan fingerprint density at radius 1 is 1.03 bits per heavy atom. The van der Waals surface area contributed by atoms with E-state index in [2.05, 4.69) is 61.7 Å². The molecule has 0 saturated carbocycles. The van der Waals surface area contributed by atoms with Crippen LogP contribution in [0.25, 0.3) is 11.4 Å². The average Bonchev–Trinajstić information content (AvgIpc) is 2.78. The number of carbonyl (C=O) groups is 1. The Morgan fingerprint density at radius 2 is 1.87 bits per heavy atom. The summed E-state index contributed by atoms with van der Waals surface area (Å²) >= 11 is 0. The molecule has 3 aromatic rings. The number of fused-ring (bicyclic) bond motifs is 7. The highest BCUT2D eigenvalue weighted by molar-refractivity contribution is 5.78. The van der Waals surface area contributed by atoms with Gasteiger partial charge >= 0.3 is 0 Å². The number of carbonyl (C=O) groups excluding carboxylic acids is 1. The van der Waals surface area contributed by atoms with Gasteiger partial charge in [0.25, 0.3) is 0 Å². The monoisotopic (exact) mass is 416 g/mol. The van der Waals surface area contributed by atoms with Crippen LogP contribution < -0.4 is 10.6 Å². The van der Waals surface area contributed by atoms with Crippen molar-refractivity contribution in [2.24, 2.45) is 0 Å². The topological polar surface area (TPSA) is 83.0 Å². The van der Waals surface area contributed by atoms with Crippen LogP contribution in [-0.2, 0) is 17.6 Å². The van der Waals surface area contributed by atoms with Gasteiger partial charge in [-0.2, -0.15) is 4.98 Å². The quantitative estimate of drug-likeness (QED) is 0.634. The van der Waals surface area contributed by atoms with Crippen molar-refractivity contribution in [3.8, 4) is 11.4 Å². The van der Waals surface area contributed by atoms with Crippen LogP contribution in [-0.4, -0.2) is 51.9 Å². The maximum Gasteiger partial charge on any atom is 0.234 e. The van der Waals surface area contributed by atoms with Gasteiger partial charge in [-0.25, -0.2) is 9.97 Å². The van der Waals surface area contributed by atoms with Gasteiger partial charge in [0.15, 0.2) is 5.82 Å². The average molecular weight is 417 g/mol. The van der Waals surface area contributed by atoms with Gasteiger partial charge in [-0.15, -0.1) is 0 Å². The summed E-state index contributed by atoms with van der Waals surface area (Å²) in [5.41, 5.74) is 4.25. The van der Waals surface area contributed by atoms with Crippen LogP contribution in [0.15, 0.2) is 54.9 Å². The maximum absolute atomic E-state index is 12.4. The van der Waals surface area contributed by atoms with E-state index in [0.717, 1.165) is 49.2 Å². The first-order chi connectivity index (χ1) is 15.2. The highest BCUT2D eigenvalue weighted by Crippen LogP contribution is 2.20. The summed E-state index contributed by atoms with van der Waals surface area (Å²) in [4.78, 5) is 27.8. The third kappa shape index (κ3) is 5.86. The van der Waals surface area contributed by atoms with Crippen LogP contribution in [0, 0.1) is 0 Å². The molecule has 31 heavy (non-hydrogen) atoms. The molecule has 0 unspecified atom stereocenters. The summed E-state index contributed by atoms with van der Waals surface area (Å²) < 4.78 is 0. The smallest absolute Gasteiger partial charge is 0.234 e. The highest BCUT2D eigenvalue weighted by Gasteiger charge is 2.10. The number of nitrogens with zero attached hydrogens (tertiary/aromatic N) is 4. The number of aryl methyl sites for hydroxylation is 1.